The number of carbonyl (C=O) groups excluding carboxylic acids is 1. The van der Waals surface area contributed by atoms with Crippen molar-refractivity contribution in [2.45, 2.75) is 12.5 Å². The van der Waals surface area contributed by atoms with E-state index < -0.39 is 12.0 Å². The van der Waals surface area contributed by atoms with Gasteiger partial charge < -0.3 is 10.5 Å². The molecule has 0 aliphatic rings. The largest absolute Gasteiger partial charge is 0.468 e. The maximum Gasteiger partial charge on any atom is 0.323 e. The third-order valence-corrected chi connectivity index (χ3v) is 3.45. The lowest BCUT2D eigenvalue weighted by Gasteiger charge is -2.06. The Morgan fingerprint density at radius 1 is 1.44 bits per heavy atom. The van der Waals surface area contributed by atoms with Crippen molar-refractivity contribution in [3.05, 3.63) is 41.4 Å². The van der Waals surface area contributed by atoms with Gasteiger partial charge in [0.1, 0.15) is 11.0 Å². The van der Waals surface area contributed by atoms with Gasteiger partial charge in [-0.3, -0.25) is 4.79 Å². The standard InChI is InChI=1S/C13H14N2O2S/c1-17-13(16)11(14)7-10-8-18-12(15-10)9-5-3-2-4-6-9/h2-6,8,11H,7,14H2,1H3. The lowest BCUT2D eigenvalue weighted by atomic mass is 10.2. The van der Waals surface area contributed by atoms with Gasteiger partial charge in [0.2, 0.25) is 0 Å². The smallest absolute Gasteiger partial charge is 0.323 e. The second-order valence-corrected chi connectivity index (χ2v) is 4.70. The zero-order chi connectivity index (χ0) is 13.0. The average Bonchev–Trinajstić information content (AvgIpc) is 2.87. The Hall–Kier alpha value is -1.72. The summed E-state index contributed by atoms with van der Waals surface area (Å²) in [6.45, 7) is 0. The summed E-state index contributed by atoms with van der Waals surface area (Å²) < 4.78 is 4.59. The quantitative estimate of drug-likeness (QED) is 0.854. The number of rotatable bonds is 4. The van der Waals surface area contributed by atoms with E-state index in [9.17, 15) is 4.79 Å². The highest BCUT2D eigenvalue weighted by molar-refractivity contribution is 7.13. The third-order valence-electron chi connectivity index (χ3n) is 2.51. The minimum absolute atomic E-state index is 0.399. The summed E-state index contributed by atoms with van der Waals surface area (Å²) in [6, 6.07) is 9.25. The molecular formula is C13H14N2O2S. The molecule has 1 aromatic carbocycles. The van der Waals surface area contributed by atoms with E-state index in [1.165, 1.54) is 7.11 Å². The van der Waals surface area contributed by atoms with Crippen LogP contribution >= 0.6 is 11.3 Å². The summed E-state index contributed by atoms with van der Waals surface area (Å²) in [5.41, 5.74) is 7.58. The van der Waals surface area contributed by atoms with Gasteiger partial charge in [-0.2, -0.15) is 0 Å². The number of carbonyl (C=O) groups is 1. The van der Waals surface area contributed by atoms with E-state index in [-0.39, 0.29) is 0 Å². The topological polar surface area (TPSA) is 65.2 Å². The Kier molecular flexibility index (Phi) is 4.07. The molecule has 0 aliphatic heterocycles. The van der Waals surface area contributed by atoms with Gasteiger partial charge >= 0.3 is 5.97 Å². The number of ether oxygens (including phenoxy) is 1. The molecule has 94 valence electrons. The van der Waals surface area contributed by atoms with Gasteiger partial charge in [-0.15, -0.1) is 11.3 Å². The first-order valence-electron chi connectivity index (χ1n) is 5.54. The summed E-state index contributed by atoms with van der Waals surface area (Å²) in [6.07, 6.45) is 0.399. The highest BCUT2D eigenvalue weighted by Gasteiger charge is 2.16. The molecule has 2 N–H and O–H groups in total. The van der Waals surface area contributed by atoms with Crippen molar-refractivity contribution < 1.29 is 9.53 Å². The van der Waals surface area contributed by atoms with Gasteiger partial charge in [0, 0.05) is 17.4 Å². The van der Waals surface area contributed by atoms with Crippen LogP contribution < -0.4 is 5.73 Å². The molecule has 0 amide bonds. The maximum atomic E-state index is 11.2. The van der Waals surface area contributed by atoms with Gasteiger partial charge in [0.05, 0.1) is 12.8 Å². The number of methoxy groups -OCH3 is 1. The molecule has 2 aromatic rings. The summed E-state index contributed by atoms with van der Waals surface area (Å²) >= 11 is 1.55. The van der Waals surface area contributed by atoms with E-state index in [2.05, 4.69) is 9.72 Å². The molecule has 1 heterocycles. The van der Waals surface area contributed by atoms with Crippen LogP contribution in [0, 0.1) is 0 Å². The summed E-state index contributed by atoms with van der Waals surface area (Å²) in [7, 11) is 1.33. The van der Waals surface area contributed by atoms with Gasteiger partial charge in [-0.1, -0.05) is 30.3 Å². The molecule has 0 aliphatic carbocycles. The normalized spacial score (nSPS) is 12.1. The first kappa shape index (κ1) is 12.7. The van der Waals surface area contributed by atoms with Crippen molar-refractivity contribution in [2.24, 2.45) is 5.73 Å². The number of benzene rings is 1. The van der Waals surface area contributed by atoms with E-state index in [4.69, 9.17) is 5.73 Å². The van der Waals surface area contributed by atoms with Crippen molar-refractivity contribution in [2.75, 3.05) is 7.11 Å². The molecular weight excluding hydrogens is 248 g/mol. The first-order valence-corrected chi connectivity index (χ1v) is 6.42. The fraction of sp³-hybridized carbons (Fsp3) is 0.231. The van der Waals surface area contributed by atoms with E-state index >= 15 is 0 Å². The fourth-order valence-electron chi connectivity index (χ4n) is 1.57. The third kappa shape index (κ3) is 2.94. The highest BCUT2D eigenvalue weighted by atomic mass is 32.1. The summed E-state index contributed by atoms with van der Waals surface area (Å²) in [5.74, 6) is -0.413. The fourth-order valence-corrected chi connectivity index (χ4v) is 2.41. The van der Waals surface area contributed by atoms with Crippen LogP contribution in [0.25, 0.3) is 10.6 Å². The SMILES string of the molecule is COC(=O)C(N)Cc1csc(-c2ccccc2)n1. The number of nitrogens with two attached hydrogens (primary N) is 1. The van der Waals surface area contributed by atoms with Crippen molar-refractivity contribution in [3.8, 4) is 10.6 Å². The molecule has 0 radical (unpaired) electrons. The number of hydrogen-bond acceptors (Lipinski definition) is 5. The summed E-state index contributed by atoms with van der Waals surface area (Å²) in [5, 5.41) is 2.85. The van der Waals surface area contributed by atoms with Crippen LogP contribution in [-0.2, 0) is 16.0 Å². The molecule has 1 aromatic heterocycles. The number of nitrogens with zero attached hydrogens (tertiary/aromatic N) is 1. The van der Waals surface area contributed by atoms with E-state index in [0.717, 1.165) is 16.3 Å². The predicted molar refractivity (Wildman–Crippen MR) is 71.2 cm³/mol. The van der Waals surface area contributed by atoms with Crippen LogP contribution in [0.15, 0.2) is 35.7 Å². The molecule has 0 saturated heterocycles. The van der Waals surface area contributed by atoms with Crippen LogP contribution in [0.3, 0.4) is 0 Å². The lowest BCUT2D eigenvalue weighted by molar-refractivity contribution is -0.142. The monoisotopic (exact) mass is 262 g/mol. The number of aromatic nitrogens is 1. The van der Waals surface area contributed by atoms with Crippen LogP contribution in [0.1, 0.15) is 5.69 Å². The maximum absolute atomic E-state index is 11.2. The molecule has 4 nitrogen and oxygen atoms in total. The van der Waals surface area contributed by atoms with Crippen LogP contribution in [-0.4, -0.2) is 24.1 Å². The minimum atomic E-state index is -0.652. The van der Waals surface area contributed by atoms with Crippen molar-refractivity contribution in [1.29, 1.82) is 0 Å². The Labute approximate surface area is 109 Å². The second-order valence-electron chi connectivity index (χ2n) is 3.84. The van der Waals surface area contributed by atoms with Crippen LogP contribution in [0.4, 0.5) is 0 Å². The molecule has 0 spiro atoms. The summed E-state index contributed by atoms with van der Waals surface area (Å²) in [4.78, 5) is 15.7. The van der Waals surface area contributed by atoms with Crippen molar-refractivity contribution in [3.63, 3.8) is 0 Å². The van der Waals surface area contributed by atoms with Crippen LogP contribution in [0.5, 0.6) is 0 Å². The Morgan fingerprint density at radius 2 is 2.17 bits per heavy atom. The molecule has 0 bridgehead atoms. The van der Waals surface area contributed by atoms with Gasteiger partial charge in [-0.25, -0.2) is 4.98 Å². The van der Waals surface area contributed by atoms with Crippen molar-refractivity contribution >= 4 is 17.3 Å². The highest BCUT2D eigenvalue weighted by Crippen LogP contribution is 2.23. The van der Waals surface area contributed by atoms with Gasteiger partial charge in [0.25, 0.3) is 0 Å². The molecule has 1 unspecified atom stereocenters. The van der Waals surface area contributed by atoms with E-state index in [0.29, 0.717) is 6.42 Å². The predicted octanol–water partition coefficient (Wildman–Crippen LogP) is 1.85. The number of thiazole rings is 1. The van der Waals surface area contributed by atoms with Crippen molar-refractivity contribution in [1.82, 2.24) is 4.98 Å². The first-order chi connectivity index (χ1) is 8.70. The molecule has 0 fully saturated rings. The minimum Gasteiger partial charge on any atom is -0.468 e. The second kappa shape index (κ2) is 5.75. The zero-order valence-corrected chi connectivity index (χ0v) is 10.8. The molecule has 1 atom stereocenters. The molecule has 18 heavy (non-hydrogen) atoms. The zero-order valence-electron chi connectivity index (χ0n) is 10.00. The van der Waals surface area contributed by atoms with Crippen LogP contribution in [0.2, 0.25) is 0 Å². The van der Waals surface area contributed by atoms with Gasteiger partial charge in [0.15, 0.2) is 0 Å². The molecule has 2 rings (SSSR count). The Balaban J connectivity index is 2.09. The Morgan fingerprint density at radius 3 is 2.83 bits per heavy atom. The number of hydrogen-bond donors (Lipinski definition) is 1. The Bertz CT molecular complexity index is 525. The van der Waals surface area contributed by atoms with E-state index in [1.807, 2.05) is 35.7 Å². The molecule has 5 heteroatoms. The molecule has 0 saturated carbocycles. The van der Waals surface area contributed by atoms with E-state index in [1.54, 1.807) is 11.3 Å². The van der Waals surface area contributed by atoms with Gasteiger partial charge in [-0.05, 0) is 0 Å². The number of esters is 1. The average molecular weight is 262 g/mol. The lowest BCUT2D eigenvalue weighted by Crippen LogP contribution is -2.33.